The third-order valence-corrected chi connectivity index (χ3v) is 6.53. The average Bonchev–Trinajstić information content (AvgIpc) is 2.81. The Morgan fingerprint density at radius 1 is 0.567 bits per heavy atom. The van der Waals surface area contributed by atoms with Crippen LogP contribution in [0.1, 0.15) is 16.7 Å². The Morgan fingerprint density at radius 3 is 1.37 bits per heavy atom. The van der Waals surface area contributed by atoms with E-state index < -0.39 is 9.73 Å². The van der Waals surface area contributed by atoms with E-state index in [1.807, 2.05) is 97.1 Å². The molecule has 0 N–H and O–H groups in total. The molecule has 1 unspecified atom stereocenters. The van der Waals surface area contributed by atoms with Crippen molar-refractivity contribution in [1.29, 1.82) is 0 Å². The van der Waals surface area contributed by atoms with Crippen molar-refractivity contribution in [3.63, 3.8) is 0 Å². The van der Waals surface area contributed by atoms with E-state index in [2.05, 4.69) is 24.3 Å². The quantitative estimate of drug-likeness (QED) is 0.335. The molecule has 1 atom stereocenters. The van der Waals surface area contributed by atoms with Crippen molar-refractivity contribution in [2.75, 3.05) is 6.26 Å². The normalized spacial score (nSPS) is 12.6. The van der Waals surface area contributed by atoms with E-state index in [1.165, 1.54) is 0 Å². The molecular weight excluding hydrogens is 386 g/mol. The summed E-state index contributed by atoms with van der Waals surface area (Å²) in [5, 5.41) is 0. The Bertz CT molecular complexity index is 1210. The Balaban J connectivity index is 2.08. The third-order valence-electron chi connectivity index (χ3n) is 4.85. The van der Waals surface area contributed by atoms with Crippen LogP contribution >= 0.6 is 0 Å². The second kappa shape index (κ2) is 8.93. The molecule has 0 aliphatic heterocycles. The van der Waals surface area contributed by atoms with E-state index in [9.17, 15) is 4.21 Å². The van der Waals surface area contributed by atoms with Crippen molar-refractivity contribution in [3.8, 4) is 0 Å². The van der Waals surface area contributed by atoms with Crippen LogP contribution in [0.4, 0.5) is 0 Å². The number of nitrogens with zero attached hydrogens (tertiary/aromatic N) is 1. The predicted molar refractivity (Wildman–Crippen MR) is 126 cm³/mol. The number of rotatable bonds is 5. The van der Waals surface area contributed by atoms with Gasteiger partial charge in [-0.05, 0) is 23.3 Å². The van der Waals surface area contributed by atoms with Gasteiger partial charge in [0, 0.05) is 22.3 Å². The minimum absolute atomic E-state index is 0.721. The van der Waals surface area contributed by atoms with Gasteiger partial charge in [0.15, 0.2) is 0 Å². The molecule has 4 aromatic rings. The summed E-state index contributed by atoms with van der Waals surface area (Å²) in [6, 6.07) is 39.8. The Morgan fingerprint density at radius 2 is 0.933 bits per heavy atom. The van der Waals surface area contributed by atoms with Gasteiger partial charge in [-0.2, -0.15) is 4.36 Å². The van der Waals surface area contributed by atoms with Crippen molar-refractivity contribution >= 4 is 21.0 Å². The highest BCUT2D eigenvalue weighted by atomic mass is 32.2. The molecule has 0 amide bonds. The third kappa shape index (κ3) is 4.42. The largest absolute Gasteiger partial charge is 0.245 e. The molecule has 0 spiro atoms. The van der Waals surface area contributed by atoms with Gasteiger partial charge < -0.3 is 0 Å². The summed E-state index contributed by atoms with van der Waals surface area (Å²) in [6.45, 7) is 0. The monoisotopic (exact) mass is 409 g/mol. The minimum atomic E-state index is -2.65. The zero-order valence-electron chi connectivity index (χ0n) is 16.8. The number of hydrogen-bond acceptors (Lipinski definition) is 2. The standard InChI is InChI=1S/C27H23NOS/c1-30(29,25-20-12-5-13-21-25)28-27(24-18-10-4-11-19-24)26(22-14-6-2-7-15-22)23-16-8-3-9-17-23/h2-21H,1H3. The molecule has 0 bridgehead atoms. The molecule has 4 aromatic carbocycles. The van der Waals surface area contributed by atoms with E-state index in [0.29, 0.717) is 0 Å². The van der Waals surface area contributed by atoms with E-state index in [-0.39, 0.29) is 0 Å². The zero-order valence-corrected chi connectivity index (χ0v) is 17.6. The molecule has 0 saturated carbocycles. The van der Waals surface area contributed by atoms with Crippen LogP contribution in [0, 0.1) is 0 Å². The maximum absolute atomic E-state index is 13.7. The van der Waals surface area contributed by atoms with Gasteiger partial charge in [0.1, 0.15) is 0 Å². The first-order valence-electron chi connectivity index (χ1n) is 9.83. The SMILES string of the molecule is CS(=O)(=NC(=C(c1ccccc1)c1ccccc1)c1ccccc1)c1ccccc1. The van der Waals surface area contributed by atoms with Crippen LogP contribution in [0.3, 0.4) is 0 Å². The van der Waals surface area contributed by atoms with E-state index in [0.717, 1.165) is 32.9 Å². The summed E-state index contributed by atoms with van der Waals surface area (Å²) < 4.78 is 18.6. The van der Waals surface area contributed by atoms with E-state index in [1.54, 1.807) is 6.26 Å². The molecule has 0 radical (unpaired) electrons. The Hall–Kier alpha value is -3.43. The lowest BCUT2D eigenvalue weighted by atomic mass is 9.93. The first-order valence-corrected chi connectivity index (χ1v) is 11.8. The maximum Gasteiger partial charge on any atom is 0.0890 e. The van der Waals surface area contributed by atoms with E-state index in [4.69, 9.17) is 4.36 Å². The van der Waals surface area contributed by atoms with Crippen LogP contribution in [0.5, 0.6) is 0 Å². The number of benzene rings is 4. The fourth-order valence-corrected chi connectivity index (χ4v) is 4.70. The Labute approximate surface area is 178 Å². The molecule has 30 heavy (non-hydrogen) atoms. The first kappa shape index (κ1) is 19.9. The molecule has 0 aromatic heterocycles. The van der Waals surface area contributed by atoms with Crippen LogP contribution in [0.15, 0.2) is 131 Å². The van der Waals surface area contributed by atoms with Crippen molar-refractivity contribution in [1.82, 2.24) is 0 Å². The molecule has 4 rings (SSSR count). The Kier molecular flexibility index (Phi) is 5.92. The lowest BCUT2D eigenvalue weighted by Crippen LogP contribution is -2.00. The second-order valence-electron chi connectivity index (χ2n) is 7.03. The highest BCUT2D eigenvalue weighted by molar-refractivity contribution is 7.93. The summed E-state index contributed by atoms with van der Waals surface area (Å²) >= 11 is 0. The first-order chi connectivity index (χ1) is 14.6. The molecule has 148 valence electrons. The highest BCUT2D eigenvalue weighted by Gasteiger charge is 2.16. The van der Waals surface area contributed by atoms with E-state index >= 15 is 0 Å². The number of hydrogen-bond donors (Lipinski definition) is 0. The second-order valence-corrected chi connectivity index (χ2v) is 9.29. The molecule has 0 aliphatic rings. The van der Waals surface area contributed by atoms with Gasteiger partial charge in [-0.1, -0.05) is 109 Å². The van der Waals surface area contributed by atoms with Crippen molar-refractivity contribution in [2.24, 2.45) is 4.36 Å². The molecule has 3 heteroatoms. The molecule has 2 nitrogen and oxygen atoms in total. The lowest BCUT2D eigenvalue weighted by Gasteiger charge is -2.15. The fourth-order valence-electron chi connectivity index (χ4n) is 3.39. The highest BCUT2D eigenvalue weighted by Crippen LogP contribution is 2.34. The molecule has 0 saturated heterocycles. The summed E-state index contributed by atoms with van der Waals surface area (Å²) in [4.78, 5) is 0.721. The van der Waals surface area contributed by atoms with Gasteiger partial charge in [0.2, 0.25) is 0 Å². The molecular formula is C27H23NOS. The van der Waals surface area contributed by atoms with Crippen LogP contribution in [0.2, 0.25) is 0 Å². The zero-order chi connectivity index (χ0) is 20.8. The van der Waals surface area contributed by atoms with Crippen molar-refractivity contribution < 1.29 is 4.21 Å². The molecule has 0 heterocycles. The summed E-state index contributed by atoms with van der Waals surface area (Å²) in [5.74, 6) is 0. The van der Waals surface area contributed by atoms with Crippen LogP contribution in [-0.4, -0.2) is 10.5 Å². The van der Waals surface area contributed by atoms with Gasteiger partial charge in [-0.15, -0.1) is 0 Å². The summed E-state index contributed by atoms with van der Waals surface area (Å²) in [7, 11) is -2.65. The smallest absolute Gasteiger partial charge is 0.0890 e. The van der Waals surface area contributed by atoms with Crippen molar-refractivity contribution in [3.05, 3.63) is 138 Å². The van der Waals surface area contributed by atoms with Crippen molar-refractivity contribution in [2.45, 2.75) is 4.90 Å². The van der Waals surface area contributed by atoms with Crippen LogP contribution < -0.4 is 0 Å². The van der Waals surface area contributed by atoms with Gasteiger partial charge in [-0.3, -0.25) is 0 Å². The van der Waals surface area contributed by atoms with Gasteiger partial charge in [0.25, 0.3) is 0 Å². The summed E-state index contributed by atoms with van der Waals surface area (Å²) in [6.07, 6.45) is 1.71. The average molecular weight is 410 g/mol. The van der Waals surface area contributed by atoms with Crippen LogP contribution in [-0.2, 0) is 9.73 Å². The summed E-state index contributed by atoms with van der Waals surface area (Å²) in [5.41, 5.74) is 4.70. The maximum atomic E-state index is 13.7. The fraction of sp³-hybridized carbons (Fsp3) is 0.0370. The predicted octanol–water partition coefficient (Wildman–Crippen LogP) is 6.76. The molecule has 0 aliphatic carbocycles. The minimum Gasteiger partial charge on any atom is -0.245 e. The van der Waals surface area contributed by atoms with Gasteiger partial charge in [0.05, 0.1) is 15.4 Å². The van der Waals surface area contributed by atoms with Gasteiger partial charge in [-0.25, -0.2) is 4.21 Å². The lowest BCUT2D eigenvalue weighted by molar-refractivity contribution is 0.681. The topological polar surface area (TPSA) is 29.4 Å². The van der Waals surface area contributed by atoms with Gasteiger partial charge >= 0.3 is 0 Å². The van der Waals surface area contributed by atoms with Crippen LogP contribution in [0.25, 0.3) is 11.3 Å². The molecule has 0 fully saturated rings.